The van der Waals surface area contributed by atoms with Crippen LogP contribution in [0.5, 0.6) is 0 Å². The van der Waals surface area contributed by atoms with Crippen LogP contribution in [-0.2, 0) is 4.74 Å². The molecule has 0 amide bonds. The molecule has 0 fully saturated rings. The van der Waals surface area contributed by atoms with Gasteiger partial charge in [-0.1, -0.05) is 20.8 Å². The number of ether oxygens (including phenoxy) is 1. The molecule has 2 N–H and O–H groups in total. The lowest BCUT2D eigenvalue weighted by Gasteiger charge is -2.30. The van der Waals surface area contributed by atoms with Gasteiger partial charge in [0.2, 0.25) is 6.10 Å². The van der Waals surface area contributed by atoms with E-state index in [0.717, 1.165) is 0 Å². The Morgan fingerprint density at radius 1 is 0.941 bits per heavy atom. The minimum Gasteiger partial charge on any atom is -0.359 e. The number of hydrogen-bond donors (Lipinski definition) is 1. The van der Waals surface area contributed by atoms with Crippen LogP contribution in [-0.4, -0.2) is 31.1 Å². The van der Waals surface area contributed by atoms with E-state index in [1.807, 2.05) is 0 Å². The smallest absolute Gasteiger partial charge is 0.359 e. The fraction of sp³-hybridized carbons (Fsp3) is 1.00. The molecule has 0 rings (SSSR count). The van der Waals surface area contributed by atoms with Gasteiger partial charge in [0, 0.05) is 6.04 Å². The van der Waals surface area contributed by atoms with Crippen molar-refractivity contribution in [2.45, 2.75) is 45.3 Å². The Hall–Kier alpha value is -0.500. The van der Waals surface area contributed by atoms with Crippen molar-refractivity contribution in [3.8, 4) is 0 Å². The van der Waals surface area contributed by atoms with Crippen molar-refractivity contribution in [1.82, 2.24) is 0 Å². The number of alkyl halides is 6. The molecule has 0 heterocycles. The van der Waals surface area contributed by atoms with Crippen molar-refractivity contribution in [1.29, 1.82) is 0 Å². The van der Waals surface area contributed by atoms with Crippen LogP contribution in [0.2, 0.25) is 0 Å². The lowest BCUT2D eigenvalue weighted by atomic mass is 9.88. The normalized spacial score (nSPS) is 16.4. The Morgan fingerprint density at radius 3 is 1.53 bits per heavy atom. The summed E-state index contributed by atoms with van der Waals surface area (Å²) in [5, 5.41) is 0. The number of nitrogens with two attached hydrogens (primary N) is 1. The molecule has 0 aliphatic rings. The van der Waals surface area contributed by atoms with Crippen LogP contribution in [0, 0.1) is 5.41 Å². The number of rotatable bonds is 3. The van der Waals surface area contributed by atoms with E-state index in [1.165, 1.54) is 0 Å². The molecule has 1 atom stereocenters. The predicted octanol–water partition coefficient (Wildman–Crippen LogP) is 2.87. The van der Waals surface area contributed by atoms with Crippen molar-refractivity contribution in [2.75, 3.05) is 6.61 Å². The molecular formula is C9H15F6NO. The monoisotopic (exact) mass is 267 g/mol. The second-order valence-electron chi connectivity index (χ2n) is 4.77. The fourth-order valence-corrected chi connectivity index (χ4v) is 0.824. The topological polar surface area (TPSA) is 35.2 Å². The van der Waals surface area contributed by atoms with E-state index in [2.05, 4.69) is 4.74 Å². The number of halogens is 6. The van der Waals surface area contributed by atoms with Crippen molar-refractivity contribution >= 4 is 0 Å². The third-order valence-electron chi connectivity index (χ3n) is 2.15. The first-order valence-electron chi connectivity index (χ1n) is 4.77. The molecule has 0 saturated heterocycles. The van der Waals surface area contributed by atoms with Gasteiger partial charge in [-0.3, -0.25) is 0 Å². The summed E-state index contributed by atoms with van der Waals surface area (Å²) in [5.74, 6) is 0. The average Bonchev–Trinajstić information content (AvgIpc) is 1.96. The van der Waals surface area contributed by atoms with Gasteiger partial charge in [0.05, 0.1) is 6.61 Å². The van der Waals surface area contributed by atoms with E-state index in [9.17, 15) is 26.3 Å². The Morgan fingerprint density at radius 2 is 1.29 bits per heavy atom. The molecule has 0 saturated carbocycles. The average molecular weight is 267 g/mol. The zero-order chi connectivity index (χ0) is 14.1. The van der Waals surface area contributed by atoms with Crippen molar-refractivity contribution < 1.29 is 31.1 Å². The molecule has 8 heteroatoms. The van der Waals surface area contributed by atoms with Gasteiger partial charge in [0.25, 0.3) is 0 Å². The molecule has 0 aromatic carbocycles. The minimum absolute atomic E-state index is 0.637. The maximum absolute atomic E-state index is 12.1. The Labute approximate surface area is 95.1 Å². The van der Waals surface area contributed by atoms with Gasteiger partial charge < -0.3 is 10.5 Å². The molecule has 0 radical (unpaired) electrons. The maximum Gasteiger partial charge on any atom is 0.423 e. The second-order valence-corrected chi connectivity index (χ2v) is 4.77. The Kier molecular flexibility index (Phi) is 4.86. The molecule has 0 aliphatic carbocycles. The predicted molar refractivity (Wildman–Crippen MR) is 49.3 cm³/mol. The van der Waals surface area contributed by atoms with E-state index in [1.54, 1.807) is 20.8 Å². The van der Waals surface area contributed by atoms with Crippen LogP contribution in [0.3, 0.4) is 0 Å². The third kappa shape index (κ3) is 5.58. The van der Waals surface area contributed by atoms with Crippen LogP contribution in [0.15, 0.2) is 0 Å². The lowest BCUT2D eigenvalue weighted by Crippen LogP contribution is -2.48. The zero-order valence-corrected chi connectivity index (χ0v) is 9.62. The van der Waals surface area contributed by atoms with E-state index in [-0.39, 0.29) is 0 Å². The molecule has 0 spiro atoms. The van der Waals surface area contributed by atoms with E-state index >= 15 is 0 Å². The highest BCUT2D eigenvalue weighted by atomic mass is 19.4. The molecule has 2 nitrogen and oxygen atoms in total. The van der Waals surface area contributed by atoms with E-state index < -0.39 is 36.5 Å². The number of hydrogen-bond acceptors (Lipinski definition) is 2. The summed E-state index contributed by atoms with van der Waals surface area (Å²) in [5.41, 5.74) is 4.79. The highest BCUT2D eigenvalue weighted by Gasteiger charge is 2.58. The standard InChI is InChI=1S/C9H15F6NO/c1-7(2,3)5(16)4-17-6(8(10,11)12)9(13,14)15/h5-6H,4,16H2,1-3H3. The van der Waals surface area contributed by atoms with Gasteiger partial charge in [-0.05, 0) is 5.41 Å². The molecule has 104 valence electrons. The second kappa shape index (κ2) is 5.01. The summed E-state index contributed by atoms with van der Waals surface area (Å²) in [6.07, 6.45) is -14.8. The quantitative estimate of drug-likeness (QED) is 0.798. The zero-order valence-electron chi connectivity index (χ0n) is 9.62. The molecular weight excluding hydrogens is 252 g/mol. The molecule has 1 unspecified atom stereocenters. The van der Waals surface area contributed by atoms with Crippen LogP contribution < -0.4 is 5.73 Å². The molecule has 0 aromatic heterocycles. The summed E-state index contributed by atoms with van der Waals surface area (Å²) >= 11 is 0. The van der Waals surface area contributed by atoms with Crippen LogP contribution in [0.25, 0.3) is 0 Å². The fourth-order valence-electron chi connectivity index (χ4n) is 0.824. The van der Waals surface area contributed by atoms with Gasteiger partial charge in [0.1, 0.15) is 0 Å². The SMILES string of the molecule is CC(C)(C)C(N)COC(C(F)(F)F)C(F)(F)F. The summed E-state index contributed by atoms with van der Waals surface area (Å²) in [7, 11) is 0. The van der Waals surface area contributed by atoms with Crippen molar-refractivity contribution in [3.63, 3.8) is 0 Å². The summed E-state index contributed by atoms with van der Waals surface area (Å²) in [4.78, 5) is 0. The molecule has 0 aromatic rings. The van der Waals surface area contributed by atoms with Gasteiger partial charge in [0.15, 0.2) is 0 Å². The first-order chi connectivity index (χ1) is 7.26. The maximum atomic E-state index is 12.1. The van der Waals surface area contributed by atoms with Gasteiger partial charge in [-0.15, -0.1) is 0 Å². The van der Waals surface area contributed by atoms with Gasteiger partial charge >= 0.3 is 12.4 Å². The molecule has 0 bridgehead atoms. The summed E-state index contributed by atoms with van der Waals surface area (Å²) in [6, 6.07) is -0.922. The Bertz CT molecular complexity index is 227. The van der Waals surface area contributed by atoms with Crippen LogP contribution >= 0.6 is 0 Å². The van der Waals surface area contributed by atoms with E-state index in [0.29, 0.717) is 0 Å². The van der Waals surface area contributed by atoms with Crippen molar-refractivity contribution in [2.24, 2.45) is 11.1 Å². The van der Waals surface area contributed by atoms with E-state index in [4.69, 9.17) is 5.73 Å². The molecule has 0 aliphatic heterocycles. The lowest BCUT2D eigenvalue weighted by molar-refractivity contribution is -0.323. The van der Waals surface area contributed by atoms with Crippen LogP contribution in [0.1, 0.15) is 20.8 Å². The molecule has 17 heavy (non-hydrogen) atoms. The summed E-state index contributed by atoms with van der Waals surface area (Å²) in [6.45, 7) is 3.97. The highest BCUT2D eigenvalue weighted by molar-refractivity contribution is 4.80. The third-order valence-corrected chi connectivity index (χ3v) is 2.15. The largest absolute Gasteiger partial charge is 0.423 e. The minimum atomic E-state index is -5.49. The van der Waals surface area contributed by atoms with Crippen molar-refractivity contribution in [3.05, 3.63) is 0 Å². The first-order valence-corrected chi connectivity index (χ1v) is 4.77. The van der Waals surface area contributed by atoms with Gasteiger partial charge in [-0.2, -0.15) is 26.3 Å². The highest BCUT2D eigenvalue weighted by Crippen LogP contribution is 2.36. The van der Waals surface area contributed by atoms with Gasteiger partial charge in [-0.25, -0.2) is 0 Å². The van der Waals surface area contributed by atoms with Crippen LogP contribution in [0.4, 0.5) is 26.3 Å². The first kappa shape index (κ1) is 16.5. The Balaban J connectivity index is 4.61. The summed E-state index contributed by atoms with van der Waals surface area (Å²) < 4.78 is 76.3.